The summed E-state index contributed by atoms with van der Waals surface area (Å²) in [7, 11) is 0. The molecule has 0 spiro atoms. The van der Waals surface area contributed by atoms with E-state index in [1.54, 1.807) is 0 Å². The highest BCUT2D eigenvalue weighted by atomic mass is 35.5. The molecule has 10 aromatic rings. The molecule has 0 saturated heterocycles. The van der Waals surface area contributed by atoms with Crippen molar-refractivity contribution in [1.82, 2.24) is 0 Å². The van der Waals surface area contributed by atoms with Gasteiger partial charge in [0, 0.05) is 50.0 Å². The highest BCUT2D eigenvalue weighted by Gasteiger charge is 2.32. The van der Waals surface area contributed by atoms with Gasteiger partial charge in [-0.1, -0.05) is 273 Å². The molecule has 3 heteroatoms. The quantitative estimate of drug-likeness (QED) is 0.127. The van der Waals surface area contributed by atoms with E-state index in [9.17, 15) is 0 Å². The predicted octanol–water partition coefficient (Wildman–Crippen LogP) is 24.1. The lowest BCUT2D eigenvalue weighted by Gasteiger charge is -2.36. The summed E-state index contributed by atoms with van der Waals surface area (Å²) in [5, 5.41) is 0.663. The zero-order valence-electron chi connectivity index (χ0n) is 51.7. The van der Waals surface area contributed by atoms with Crippen LogP contribution in [-0.4, -0.2) is 0 Å². The highest BCUT2D eigenvalue weighted by Crippen LogP contribution is 2.54. The number of nitrogens with zero attached hydrogens (tertiary/aromatic N) is 2. The predicted molar refractivity (Wildman–Crippen MR) is 361 cm³/mol. The Bertz CT molecular complexity index is 3760. The molecule has 10 rings (SSSR count). The van der Waals surface area contributed by atoms with Gasteiger partial charge in [-0.15, -0.1) is 0 Å². The van der Waals surface area contributed by atoms with Crippen molar-refractivity contribution in [3.05, 3.63) is 263 Å². The first kappa shape index (κ1) is 58.3. The molecule has 0 saturated carbocycles. The Hall–Kier alpha value is -7.91. The van der Waals surface area contributed by atoms with Crippen molar-refractivity contribution in [2.45, 2.75) is 131 Å². The molecule has 0 aliphatic rings. The monoisotopic (exact) mass is 1110 g/mol. The van der Waals surface area contributed by atoms with E-state index in [0.29, 0.717) is 5.02 Å². The topological polar surface area (TPSA) is 6.48 Å². The van der Waals surface area contributed by atoms with E-state index in [1.807, 2.05) is 6.07 Å². The molecule has 0 atom stereocenters. The van der Waals surface area contributed by atoms with Crippen molar-refractivity contribution in [2.24, 2.45) is 0 Å². The van der Waals surface area contributed by atoms with Crippen molar-refractivity contribution in [3.63, 3.8) is 0 Å². The van der Waals surface area contributed by atoms with E-state index in [4.69, 9.17) is 11.6 Å². The lowest BCUT2D eigenvalue weighted by atomic mass is 9.79. The molecule has 420 valence electrons. The molecule has 0 aromatic heterocycles. The number of anilines is 6. The van der Waals surface area contributed by atoms with Crippen molar-refractivity contribution in [3.8, 4) is 55.6 Å². The summed E-state index contributed by atoms with van der Waals surface area (Å²) >= 11 is 7.20. The van der Waals surface area contributed by atoms with Gasteiger partial charge in [-0.25, -0.2) is 0 Å². The third-order valence-electron chi connectivity index (χ3n) is 16.2. The van der Waals surface area contributed by atoms with Crippen molar-refractivity contribution < 1.29 is 0 Å². The first-order valence-corrected chi connectivity index (χ1v) is 30.0. The van der Waals surface area contributed by atoms with Gasteiger partial charge in [-0.3, -0.25) is 0 Å². The van der Waals surface area contributed by atoms with Gasteiger partial charge < -0.3 is 9.80 Å². The summed E-state index contributed by atoms with van der Waals surface area (Å²) in [6, 6.07) is 85.9. The SMILES string of the molecule is CC(C)(C)c1cc(N(c2cccc(Cl)c2)c2c(-c3ccccc3)cc(C(C)(C)C)cc2-c2ccccc2)cc(N(c2cccc(-c3cc(C(C)(C)C)cc(C(C)(C)C)c3)c2)c2c(-c3ccccc3)cc(C(C)(C)C)cc2-c2ccccc2)c1. The fourth-order valence-corrected chi connectivity index (χ4v) is 11.4. The largest absolute Gasteiger partial charge is 0.309 e. The van der Waals surface area contributed by atoms with E-state index in [1.165, 1.54) is 33.4 Å². The van der Waals surface area contributed by atoms with Crippen LogP contribution < -0.4 is 9.80 Å². The fourth-order valence-electron chi connectivity index (χ4n) is 11.2. The highest BCUT2D eigenvalue weighted by molar-refractivity contribution is 6.31. The number of hydrogen-bond acceptors (Lipinski definition) is 2. The Morgan fingerprint density at radius 2 is 0.518 bits per heavy atom. The molecule has 0 aliphatic heterocycles. The molecule has 0 N–H and O–H groups in total. The number of hydrogen-bond donors (Lipinski definition) is 0. The van der Waals surface area contributed by atoms with Crippen LogP contribution in [-0.2, 0) is 27.1 Å². The van der Waals surface area contributed by atoms with E-state index in [-0.39, 0.29) is 27.1 Å². The summed E-state index contributed by atoms with van der Waals surface area (Å²) in [4.78, 5) is 5.06. The first-order chi connectivity index (χ1) is 39.2. The van der Waals surface area contributed by atoms with Crippen LogP contribution in [0.15, 0.2) is 231 Å². The Morgan fingerprint density at radius 1 is 0.229 bits per heavy atom. The minimum absolute atomic E-state index is 0.0594. The number of halogens is 1. The van der Waals surface area contributed by atoms with Gasteiger partial charge in [-0.2, -0.15) is 0 Å². The maximum absolute atomic E-state index is 7.20. The Balaban J connectivity index is 1.39. The maximum atomic E-state index is 7.20. The van der Waals surface area contributed by atoms with Gasteiger partial charge in [0.1, 0.15) is 0 Å². The van der Waals surface area contributed by atoms with Gasteiger partial charge >= 0.3 is 0 Å². The molecule has 2 nitrogen and oxygen atoms in total. The molecular formula is C80H83ClN2. The Labute approximate surface area is 502 Å². The van der Waals surface area contributed by atoms with Crippen LogP contribution in [0.4, 0.5) is 34.1 Å². The lowest BCUT2D eigenvalue weighted by Crippen LogP contribution is -2.20. The Kier molecular flexibility index (Phi) is 15.9. The van der Waals surface area contributed by atoms with Crippen LogP contribution in [0.25, 0.3) is 55.6 Å². The van der Waals surface area contributed by atoms with Crippen LogP contribution in [0.1, 0.15) is 132 Å². The number of rotatable bonds is 11. The molecule has 0 aliphatic carbocycles. The summed E-state index contributed by atoms with van der Waals surface area (Å²) in [5.74, 6) is 0. The summed E-state index contributed by atoms with van der Waals surface area (Å²) in [5.41, 5.74) is 23.3. The van der Waals surface area contributed by atoms with E-state index < -0.39 is 0 Å². The average Bonchev–Trinajstić information content (AvgIpc) is 3.19. The second-order valence-electron chi connectivity index (χ2n) is 27.8. The zero-order chi connectivity index (χ0) is 59.2. The molecule has 0 unspecified atom stereocenters. The van der Waals surface area contributed by atoms with Crippen LogP contribution in [0.3, 0.4) is 0 Å². The Morgan fingerprint density at radius 3 is 0.843 bits per heavy atom. The van der Waals surface area contributed by atoms with E-state index in [0.717, 1.165) is 84.2 Å². The van der Waals surface area contributed by atoms with Gasteiger partial charge in [0.2, 0.25) is 0 Å². The van der Waals surface area contributed by atoms with Crippen LogP contribution >= 0.6 is 11.6 Å². The first-order valence-electron chi connectivity index (χ1n) is 29.6. The van der Waals surface area contributed by atoms with Gasteiger partial charge in [0.15, 0.2) is 0 Å². The minimum Gasteiger partial charge on any atom is -0.309 e. The minimum atomic E-state index is -0.295. The average molecular weight is 1110 g/mol. The smallest absolute Gasteiger partial charge is 0.0618 e. The molecule has 0 fully saturated rings. The maximum Gasteiger partial charge on any atom is 0.0618 e. The summed E-state index contributed by atoms with van der Waals surface area (Å²) in [6.45, 7) is 34.9. The second-order valence-corrected chi connectivity index (χ2v) is 28.2. The van der Waals surface area contributed by atoms with Crippen molar-refractivity contribution >= 4 is 45.7 Å². The molecule has 0 amide bonds. The third-order valence-corrected chi connectivity index (χ3v) is 16.4. The molecule has 10 aromatic carbocycles. The lowest BCUT2D eigenvalue weighted by molar-refractivity contribution is 0.569. The van der Waals surface area contributed by atoms with Crippen molar-refractivity contribution in [1.29, 1.82) is 0 Å². The van der Waals surface area contributed by atoms with Gasteiger partial charge in [0.25, 0.3) is 0 Å². The molecular weight excluding hydrogens is 1020 g/mol. The van der Waals surface area contributed by atoms with Crippen LogP contribution in [0, 0.1) is 0 Å². The number of benzene rings is 10. The second kappa shape index (κ2) is 22.7. The summed E-state index contributed by atoms with van der Waals surface area (Å²) in [6.07, 6.45) is 0. The van der Waals surface area contributed by atoms with Crippen LogP contribution in [0.2, 0.25) is 5.02 Å². The summed E-state index contributed by atoms with van der Waals surface area (Å²) < 4.78 is 0. The molecule has 0 radical (unpaired) electrons. The standard InChI is InChI=1S/C80H83ClN2/c1-76(2,3)60-42-59(43-61(45-60)77(4,5)6)58-38-28-40-66(44-58)82(74-70(54-30-20-16-21-31-54)48-63(79(10,11)12)49-71(74)55-32-22-17-23-33-55)68-46-62(78(7,8)9)47-69(53-68)83(67-41-29-39-65(81)52-67)75-72(56-34-24-18-25-35-56)50-64(80(13,14)15)51-73(75)57-36-26-19-27-37-57/h16-53H,1-15H3. The van der Waals surface area contributed by atoms with Gasteiger partial charge in [-0.05, 0) is 161 Å². The van der Waals surface area contributed by atoms with Crippen molar-refractivity contribution in [2.75, 3.05) is 9.80 Å². The fraction of sp³-hybridized carbons (Fsp3) is 0.250. The molecule has 83 heavy (non-hydrogen) atoms. The molecule has 0 bridgehead atoms. The van der Waals surface area contributed by atoms with Gasteiger partial charge in [0.05, 0.1) is 11.4 Å². The third kappa shape index (κ3) is 12.7. The van der Waals surface area contributed by atoms with E-state index in [2.05, 4.69) is 338 Å². The molecule has 0 heterocycles. The van der Waals surface area contributed by atoms with Crippen LogP contribution in [0.5, 0.6) is 0 Å². The van der Waals surface area contributed by atoms with E-state index >= 15 is 0 Å². The normalized spacial score (nSPS) is 12.3. The zero-order valence-corrected chi connectivity index (χ0v) is 52.5.